The van der Waals surface area contributed by atoms with Crippen LogP contribution in [-0.2, 0) is 4.79 Å². The summed E-state index contributed by atoms with van der Waals surface area (Å²) in [5.41, 5.74) is 0. The maximum absolute atomic E-state index is 11.4. The smallest absolute Gasteiger partial charge is 0.323 e. The Morgan fingerprint density at radius 2 is 2.21 bits per heavy atom. The van der Waals surface area contributed by atoms with Crippen molar-refractivity contribution in [2.75, 3.05) is 13.1 Å². The van der Waals surface area contributed by atoms with Crippen LogP contribution in [0.3, 0.4) is 0 Å². The van der Waals surface area contributed by atoms with E-state index in [4.69, 9.17) is 11.5 Å². The lowest BCUT2D eigenvalue weighted by atomic mass is 10.5. The van der Waals surface area contributed by atoms with E-state index in [9.17, 15) is 9.59 Å². The summed E-state index contributed by atoms with van der Waals surface area (Å²) in [6.45, 7) is -0.136. The van der Waals surface area contributed by atoms with Crippen molar-refractivity contribution in [1.82, 2.24) is 10.2 Å². The molecule has 0 aliphatic heterocycles. The third-order valence-electron chi connectivity index (χ3n) is 1.90. The number of rotatable bonds is 4. The number of carboxylic acids is 1. The molecule has 1 fully saturated rings. The molecule has 1 aliphatic carbocycles. The molecule has 76 valence electrons. The molecular formula is C9H12N2O3. The fraction of sp³-hybridized carbons (Fsp3) is 0.556. The molecule has 14 heavy (non-hydrogen) atoms. The molecular weight excluding hydrogens is 184 g/mol. The van der Waals surface area contributed by atoms with Gasteiger partial charge in [-0.2, -0.15) is 0 Å². The van der Waals surface area contributed by atoms with Crippen LogP contribution >= 0.6 is 0 Å². The first kappa shape index (κ1) is 10.4. The summed E-state index contributed by atoms with van der Waals surface area (Å²) in [6, 6.07) is -0.322. The molecule has 1 saturated carbocycles. The van der Waals surface area contributed by atoms with Crippen LogP contribution < -0.4 is 5.32 Å². The molecule has 2 amide bonds. The fourth-order valence-electron chi connectivity index (χ4n) is 1.13. The molecule has 1 aliphatic rings. The number of nitrogens with zero attached hydrogens (tertiary/aromatic N) is 1. The molecule has 0 bridgehead atoms. The lowest BCUT2D eigenvalue weighted by Gasteiger charge is -2.19. The first-order chi connectivity index (χ1) is 6.65. The van der Waals surface area contributed by atoms with E-state index in [1.54, 1.807) is 0 Å². The second kappa shape index (κ2) is 4.51. The number of aliphatic carboxylic acids is 1. The van der Waals surface area contributed by atoms with Gasteiger partial charge in [0.25, 0.3) is 0 Å². The van der Waals surface area contributed by atoms with Gasteiger partial charge in [0.1, 0.15) is 6.54 Å². The average molecular weight is 196 g/mol. The predicted molar refractivity (Wildman–Crippen MR) is 49.6 cm³/mol. The monoisotopic (exact) mass is 196 g/mol. The van der Waals surface area contributed by atoms with Crippen LogP contribution in [0.1, 0.15) is 12.8 Å². The zero-order valence-electron chi connectivity index (χ0n) is 7.69. The van der Waals surface area contributed by atoms with E-state index in [0.29, 0.717) is 0 Å². The van der Waals surface area contributed by atoms with Crippen molar-refractivity contribution in [1.29, 1.82) is 0 Å². The van der Waals surface area contributed by atoms with Crippen molar-refractivity contribution in [2.45, 2.75) is 18.9 Å². The van der Waals surface area contributed by atoms with Gasteiger partial charge in [0.15, 0.2) is 0 Å². The minimum absolute atomic E-state index is 0.0730. The Labute approximate surface area is 82.1 Å². The summed E-state index contributed by atoms with van der Waals surface area (Å²) < 4.78 is 0. The molecule has 0 aromatic heterocycles. The van der Waals surface area contributed by atoms with Crippen molar-refractivity contribution in [3.8, 4) is 12.3 Å². The van der Waals surface area contributed by atoms with E-state index < -0.39 is 12.0 Å². The van der Waals surface area contributed by atoms with Gasteiger partial charge < -0.3 is 15.3 Å². The number of terminal acetylenes is 1. The normalized spacial score (nSPS) is 14.2. The number of carbonyl (C=O) groups is 2. The van der Waals surface area contributed by atoms with Crippen molar-refractivity contribution >= 4 is 12.0 Å². The number of hydrogen-bond donors (Lipinski definition) is 2. The van der Waals surface area contributed by atoms with Crippen LogP contribution in [-0.4, -0.2) is 41.1 Å². The van der Waals surface area contributed by atoms with Crippen molar-refractivity contribution in [2.24, 2.45) is 0 Å². The Hall–Kier alpha value is -1.70. The molecule has 5 nitrogen and oxygen atoms in total. The standard InChI is InChI=1S/C9H12N2O3/c1-2-5-10-9(14)11(6-8(12)13)7-3-4-7/h1,7H,3-6H2,(H,10,14)(H,12,13). The van der Waals surface area contributed by atoms with Gasteiger partial charge >= 0.3 is 12.0 Å². The number of nitrogens with one attached hydrogen (secondary N) is 1. The molecule has 0 unspecified atom stereocenters. The van der Waals surface area contributed by atoms with Gasteiger partial charge in [-0.15, -0.1) is 6.42 Å². The summed E-state index contributed by atoms with van der Waals surface area (Å²) in [5.74, 6) is 1.25. The predicted octanol–water partition coefficient (Wildman–Crippen LogP) is -0.122. The van der Waals surface area contributed by atoms with E-state index in [2.05, 4.69) is 11.2 Å². The lowest BCUT2D eigenvalue weighted by Crippen LogP contribution is -2.44. The number of carbonyl (C=O) groups excluding carboxylic acids is 1. The van der Waals surface area contributed by atoms with E-state index in [1.165, 1.54) is 4.90 Å². The molecule has 0 radical (unpaired) electrons. The summed E-state index contributed by atoms with van der Waals surface area (Å²) in [7, 11) is 0. The van der Waals surface area contributed by atoms with Gasteiger partial charge in [0.05, 0.1) is 6.54 Å². The fourth-order valence-corrected chi connectivity index (χ4v) is 1.13. The third-order valence-corrected chi connectivity index (χ3v) is 1.90. The van der Waals surface area contributed by atoms with Crippen LogP contribution in [0.4, 0.5) is 4.79 Å². The maximum Gasteiger partial charge on any atom is 0.323 e. The Morgan fingerprint density at radius 1 is 1.57 bits per heavy atom. The number of urea groups is 1. The van der Waals surface area contributed by atoms with Gasteiger partial charge in [0.2, 0.25) is 0 Å². The van der Waals surface area contributed by atoms with Crippen LogP contribution in [0.5, 0.6) is 0 Å². The highest BCUT2D eigenvalue weighted by molar-refractivity contribution is 5.80. The SMILES string of the molecule is C#CCNC(=O)N(CC(=O)O)C1CC1. The highest BCUT2D eigenvalue weighted by atomic mass is 16.4. The molecule has 1 rings (SSSR count). The lowest BCUT2D eigenvalue weighted by molar-refractivity contribution is -0.137. The first-order valence-electron chi connectivity index (χ1n) is 4.35. The molecule has 0 spiro atoms. The zero-order valence-corrected chi connectivity index (χ0v) is 7.69. The summed E-state index contributed by atoms with van der Waals surface area (Å²) in [4.78, 5) is 23.1. The maximum atomic E-state index is 11.4. The molecule has 0 saturated heterocycles. The van der Waals surface area contributed by atoms with E-state index in [-0.39, 0.29) is 19.1 Å². The quantitative estimate of drug-likeness (QED) is 0.616. The van der Waals surface area contributed by atoms with Crippen molar-refractivity contribution < 1.29 is 14.7 Å². The summed E-state index contributed by atoms with van der Waals surface area (Å²) >= 11 is 0. The third kappa shape index (κ3) is 2.98. The largest absolute Gasteiger partial charge is 0.480 e. The average Bonchev–Trinajstić information content (AvgIpc) is 2.93. The molecule has 0 heterocycles. The molecule has 5 heteroatoms. The van der Waals surface area contributed by atoms with Gasteiger partial charge in [-0.1, -0.05) is 5.92 Å². The Kier molecular flexibility index (Phi) is 3.35. The Morgan fingerprint density at radius 3 is 2.64 bits per heavy atom. The zero-order chi connectivity index (χ0) is 10.6. The van der Waals surface area contributed by atoms with Crippen LogP contribution in [0.2, 0.25) is 0 Å². The van der Waals surface area contributed by atoms with E-state index in [1.807, 2.05) is 0 Å². The highest BCUT2D eigenvalue weighted by Crippen LogP contribution is 2.26. The topological polar surface area (TPSA) is 69.6 Å². The van der Waals surface area contributed by atoms with Crippen LogP contribution in [0, 0.1) is 12.3 Å². The minimum Gasteiger partial charge on any atom is -0.480 e. The van der Waals surface area contributed by atoms with E-state index >= 15 is 0 Å². The minimum atomic E-state index is -1.01. The summed E-state index contributed by atoms with van der Waals surface area (Å²) in [5, 5.41) is 11.0. The van der Waals surface area contributed by atoms with Gasteiger partial charge in [0, 0.05) is 6.04 Å². The summed E-state index contributed by atoms with van der Waals surface area (Å²) in [6.07, 6.45) is 6.71. The number of carboxylic acid groups (broad SMARTS) is 1. The Bertz CT molecular complexity index is 278. The molecule has 0 aromatic carbocycles. The molecule has 0 aromatic rings. The van der Waals surface area contributed by atoms with Gasteiger partial charge in [-0.05, 0) is 12.8 Å². The Balaban J connectivity index is 2.45. The second-order valence-corrected chi connectivity index (χ2v) is 3.12. The molecule has 0 atom stereocenters. The van der Waals surface area contributed by atoms with Gasteiger partial charge in [-0.3, -0.25) is 4.79 Å². The van der Waals surface area contributed by atoms with Crippen molar-refractivity contribution in [3.63, 3.8) is 0 Å². The van der Waals surface area contributed by atoms with Crippen LogP contribution in [0.25, 0.3) is 0 Å². The highest BCUT2D eigenvalue weighted by Gasteiger charge is 2.33. The van der Waals surface area contributed by atoms with E-state index in [0.717, 1.165) is 12.8 Å². The second-order valence-electron chi connectivity index (χ2n) is 3.12. The van der Waals surface area contributed by atoms with Crippen molar-refractivity contribution in [3.05, 3.63) is 0 Å². The van der Waals surface area contributed by atoms with Crippen LogP contribution in [0.15, 0.2) is 0 Å². The molecule has 2 N–H and O–H groups in total. The number of hydrogen-bond acceptors (Lipinski definition) is 2. The number of amides is 2. The first-order valence-corrected chi connectivity index (χ1v) is 4.35. The van der Waals surface area contributed by atoms with Gasteiger partial charge in [-0.25, -0.2) is 4.79 Å².